The van der Waals surface area contributed by atoms with Crippen LogP contribution in [0.15, 0.2) is 40.9 Å². The normalized spacial score (nSPS) is 21.0. The minimum atomic E-state index is -0.298. The molecule has 2 aromatic rings. The van der Waals surface area contributed by atoms with Crippen molar-refractivity contribution < 1.29 is 13.9 Å². The summed E-state index contributed by atoms with van der Waals surface area (Å²) in [4.78, 5) is 2.35. The first kappa shape index (κ1) is 19.6. The summed E-state index contributed by atoms with van der Waals surface area (Å²) in [6, 6.07) is 11.2. The van der Waals surface area contributed by atoms with Gasteiger partial charge in [0.25, 0.3) is 0 Å². The fourth-order valence-corrected chi connectivity index (χ4v) is 4.30. The number of benzene rings is 2. The predicted molar refractivity (Wildman–Crippen MR) is 105 cm³/mol. The number of halogens is 3. The van der Waals surface area contributed by atoms with Crippen LogP contribution in [-0.4, -0.2) is 37.3 Å². The molecule has 1 heterocycles. The molecule has 1 aliphatic rings. The molecule has 2 aromatic carbocycles. The van der Waals surface area contributed by atoms with Gasteiger partial charge >= 0.3 is 0 Å². The third-order valence-electron chi connectivity index (χ3n) is 4.50. The van der Waals surface area contributed by atoms with E-state index in [9.17, 15) is 4.39 Å². The lowest BCUT2D eigenvalue weighted by Gasteiger charge is -2.37. The van der Waals surface area contributed by atoms with Crippen LogP contribution < -0.4 is 4.74 Å². The Hall–Kier alpha value is -1.14. The smallest absolute Gasteiger partial charge is 0.129 e. The summed E-state index contributed by atoms with van der Waals surface area (Å²) in [5, 5.41) is 0.386. The average molecular weight is 443 g/mol. The van der Waals surface area contributed by atoms with Crippen LogP contribution in [0.1, 0.15) is 18.1 Å². The topological polar surface area (TPSA) is 21.7 Å². The van der Waals surface area contributed by atoms with Gasteiger partial charge in [-0.2, -0.15) is 0 Å². The molecule has 1 aliphatic heterocycles. The van der Waals surface area contributed by atoms with Crippen LogP contribution in [-0.2, 0) is 17.7 Å². The summed E-state index contributed by atoms with van der Waals surface area (Å²) in [7, 11) is 1.66. The van der Waals surface area contributed by atoms with Gasteiger partial charge in [-0.05, 0) is 36.8 Å². The lowest BCUT2D eigenvalue weighted by Crippen LogP contribution is -2.47. The second kappa shape index (κ2) is 8.70. The van der Waals surface area contributed by atoms with Gasteiger partial charge < -0.3 is 9.47 Å². The Morgan fingerprint density at radius 1 is 1.27 bits per heavy atom. The number of hydrogen-bond donors (Lipinski definition) is 0. The quantitative estimate of drug-likeness (QED) is 0.644. The lowest BCUT2D eigenvalue weighted by atomic mass is 10.0. The zero-order chi connectivity index (χ0) is 18.7. The molecule has 6 heteroatoms. The van der Waals surface area contributed by atoms with E-state index in [1.165, 1.54) is 11.6 Å². The maximum Gasteiger partial charge on any atom is 0.129 e. The number of ether oxygens (including phenoxy) is 2. The molecule has 1 unspecified atom stereocenters. The van der Waals surface area contributed by atoms with Gasteiger partial charge in [0, 0.05) is 41.1 Å². The van der Waals surface area contributed by atoms with E-state index in [4.69, 9.17) is 21.1 Å². The Kier molecular flexibility index (Phi) is 6.56. The molecule has 0 N–H and O–H groups in total. The maximum atomic E-state index is 14.3. The summed E-state index contributed by atoms with van der Waals surface area (Å²) >= 11 is 9.32. The fourth-order valence-electron chi connectivity index (χ4n) is 3.37. The lowest BCUT2D eigenvalue weighted by molar-refractivity contribution is -0.0787. The van der Waals surface area contributed by atoms with Crippen LogP contribution in [0.3, 0.4) is 0 Å². The predicted octanol–water partition coefficient (Wildman–Crippen LogP) is 5.08. The molecule has 0 aliphatic carbocycles. The molecule has 140 valence electrons. The van der Waals surface area contributed by atoms with Gasteiger partial charge in [0.1, 0.15) is 11.6 Å². The van der Waals surface area contributed by atoms with E-state index in [0.717, 1.165) is 25.4 Å². The number of rotatable bonds is 5. The van der Waals surface area contributed by atoms with Crippen molar-refractivity contribution in [2.45, 2.75) is 32.1 Å². The Balaban J connectivity index is 1.68. The maximum absolute atomic E-state index is 14.3. The van der Waals surface area contributed by atoms with Gasteiger partial charge in [-0.3, -0.25) is 4.90 Å². The molecule has 0 spiro atoms. The summed E-state index contributed by atoms with van der Waals surface area (Å²) in [6.45, 7) is 4.50. The van der Waals surface area contributed by atoms with Gasteiger partial charge in [0.05, 0.1) is 19.3 Å². The third-order valence-corrected chi connectivity index (χ3v) is 5.43. The van der Waals surface area contributed by atoms with Crippen molar-refractivity contribution in [3.63, 3.8) is 0 Å². The molecule has 26 heavy (non-hydrogen) atoms. The Morgan fingerprint density at radius 3 is 2.65 bits per heavy atom. The Morgan fingerprint density at radius 2 is 2.00 bits per heavy atom. The van der Waals surface area contributed by atoms with E-state index in [0.29, 0.717) is 21.5 Å². The highest BCUT2D eigenvalue weighted by molar-refractivity contribution is 9.10. The molecule has 1 saturated heterocycles. The van der Waals surface area contributed by atoms with Crippen molar-refractivity contribution in [2.24, 2.45) is 0 Å². The first-order chi connectivity index (χ1) is 12.4. The van der Waals surface area contributed by atoms with Crippen molar-refractivity contribution in [3.05, 3.63) is 62.8 Å². The summed E-state index contributed by atoms with van der Waals surface area (Å²) in [6.07, 6.45) is 0.539. The minimum absolute atomic E-state index is 0.0658. The van der Waals surface area contributed by atoms with E-state index in [1.807, 2.05) is 12.1 Å². The highest BCUT2D eigenvalue weighted by atomic mass is 79.9. The van der Waals surface area contributed by atoms with Crippen LogP contribution in [0.2, 0.25) is 5.02 Å². The van der Waals surface area contributed by atoms with Gasteiger partial charge in [-0.1, -0.05) is 39.7 Å². The van der Waals surface area contributed by atoms with Gasteiger partial charge in [0.15, 0.2) is 0 Å². The molecule has 1 fully saturated rings. The number of morpholine rings is 1. The molecule has 0 aromatic heterocycles. The van der Waals surface area contributed by atoms with Crippen molar-refractivity contribution >= 4 is 27.5 Å². The van der Waals surface area contributed by atoms with Crippen LogP contribution in [0.5, 0.6) is 5.75 Å². The van der Waals surface area contributed by atoms with Crippen LogP contribution in [0.25, 0.3) is 0 Å². The molecular weight excluding hydrogens is 421 g/mol. The second-order valence-corrected chi connectivity index (χ2v) is 7.95. The van der Waals surface area contributed by atoms with Crippen molar-refractivity contribution in [2.75, 3.05) is 20.2 Å². The summed E-state index contributed by atoms with van der Waals surface area (Å²) in [5.41, 5.74) is 1.83. The van der Waals surface area contributed by atoms with E-state index < -0.39 is 0 Å². The number of nitrogens with zero attached hydrogens (tertiary/aromatic N) is 1. The fraction of sp³-hybridized carbons (Fsp3) is 0.400. The minimum Gasteiger partial charge on any atom is -0.497 e. The van der Waals surface area contributed by atoms with Gasteiger partial charge in [0.2, 0.25) is 0 Å². The van der Waals surface area contributed by atoms with Gasteiger partial charge in [-0.15, -0.1) is 0 Å². The number of hydrogen-bond acceptors (Lipinski definition) is 3. The highest BCUT2D eigenvalue weighted by Gasteiger charge is 2.27. The Labute approximate surface area is 167 Å². The van der Waals surface area contributed by atoms with E-state index in [1.54, 1.807) is 13.2 Å². The molecule has 0 bridgehead atoms. The van der Waals surface area contributed by atoms with Crippen LogP contribution in [0, 0.1) is 5.82 Å². The molecule has 0 saturated carbocycles. The molecule has 3 rings (SSSR count). The first-order valence-electron chi connectivity index (χ1n) is 8.58. The molecule has 0 radical (unpaired) electrons. The third kappa shape index (κ3) is 4.97. The zero-order valence-corrected chi connectivity index (χ0v) is 17.2. The standard InChI is InChI=1S/C20H22BrClFNO2/c1-13-10-24(11-14-3-5-16(25-2)6-4-14)12-17(26-13)9-18-19(21)7-15(22)8-20(18)23/h3-8,13,17H,9-12H2,1-2H3/t13-,17?/m0/s1. The van der Waals surface area contributed by atoms with Crippen LogP contribution >= 0.6 is 27.5 Å². The van der Waals surface area contributed by atoms with Crippen molar-refractivity contribution in [1.82, 2.24) is 4.90 Å². The highest BCUT2D eigenvalue weighted by Crippen LogP contribution is 2.28. The molecule has 0 amide bonds. The monoisotopic (exact) mass is 441 g/mol. The van der Waals surface area contributed by atoms with Crippen molar-refractivity contribution in [3.8, 4) is 5.75 Å². The SMILES string of the molecule is COc1ccc(CN2CC(Cc3c(F)cc(Cl)cc3Br)O[C@@H](C)C2)cc1. The Bertz CT molecular complexity index is 733. The largest absolute Gasteiger partial charge is 0.497 e. The molecular formula is C20H22BrClFNO2. The van der Waals surface area contributed by atoms with E-state index in [2.05, 4.69) is 39.9 Å². The van der Waals surface area contributed by atoms with E-state index >= 15 is 0 Å². The molecule has 3 nitrogen and oxygen atoms in total. The summed E-state index contributed by atoms with van der Waals surface area (Å²) in [5.74, 6) is 0.554. The molecule has 2 atom stereocenters. The van der Waals surface area contributed by atoms with E-state index in [-0.39, 0.29) is 18.0 Å². The zero-order valence-electron chi connectivity index (χ0n) is 14.8. The van der Waals surface area contributed by atoms with Crippen LogP contribution in [0.4, 0.5) is 4.39 Å². The average Bonchev–Trinajstić information content (AvgIpc) is 2.58. The van der Waals surface area contributed by atoms with Gasteiger partial charge in [-0.25, -0.2) is 4.39 Å². The first-order valence-corrected chi connectivity index (χ1v) is 9.76. The number of methoxy groups -OCH3 is 1. The summed E-state index contributed by atoms with van der Waals surface area (Å²) < 4.78 is 26.2. The van der Waals surface area contributed by atoms with Crippen molar-refractivity contribution in [1.29, 1.82) is 0 Å². The second-order valence-electron chi connectivity index (χ2n) is 6.66.